The highest BCUT2D eigenvalue weighted by Crippen LogP contribution is 2.23. The zero-order chi connectivity index (χ0) is 15.9. The molecule has 2 aromatic rings. The van der Waals surface area contributed by atoms with Gasteiger partial charge in [-0.05, 0) is 47.5 Å². The lowest BCUT2D eigenvalue weighted by Crippen LogP contribution is -2.12. The number of ether oxygens (including phenoxy) is 1. The number of benzene rings is 2. The molecule has 0 radical (unpaired) electrons. The fourth-order valence-electron chi connectivity index (χ4n) is 1.64. The molecule has 2 rings (SSSR count). The van der Waals surface area contributed by atoms with Gasteiger partial charge in [0.1, 0.15) is 12.4 Å². The van der Waals surface area contributed by atoms with E-state index in [2.05, 4.69) is 10.5 Å². The molecule has 4 nitrogen and oxygen atoms in total. The number of hydrogen-bond donors (Lipinski definition) is 1. The minimum atomic E-state index is -0.210. The third-order valence-corrected chi connectivity index (χ3v) is 3.44. The highest BCUT2D eigenvalue weighted by atomic mass is 35.5. The van der Waals surface area contributed by atoms with Gasteiger partial charge >= 0.3 is 0 Å². The molecule has 0 atom stereocenters. The molecular formula is C16H14Cl2N2O2. The van der Waals surface area contributed by atoms with E-state index < -0.39 is 0 Å². The van der Waals surface area contributed by atoms with E-state index in [-0.39, 0.29) is 5.91 Å². The third kappa shape index (κ3) is 5.06. The smallest absolute Gasteiger partial charge is 0.236 e. The summed E-state index contributed by atoms with van der Waals surface area (Å²) >= 11 is 11.8. The lowest BCUT2D eigenvalue weighted by molar-refractivity contribution is -0.118. The largest absolute Gasteiger partial charge is 0.489 e. The number of hydrogen-bond acceptors (Lipinski definition) is 3. The number of carbonyl (C=O) groups excluding carboxylic acids is 1. The zero-order valence-corrected chi connectivity index (χ0v) is 13.4. The monoisotopic (exact) mass is 336 g/mol. The predicted octanol–water partition coefficient (Wildman–Crippen LogP) is 4.04. The van der Waals surface area contributed by atoms with Gasteiger partial charge in [0.25, 0.3) is 0 Å². The quantitative estimate of drug-likeness (QED) is 0.661. The average molecular weight is 337 g/mol. The maximum Gasteiger partial charge on any atom is 0.236 e. The van der Waals surface area contributed by atoms with E-state index in [1.54, 1.807) is 18.3 Å². The number of nitrogens with one attached hydrogen (secondary N) is 1. The predicted molar refractivity (Wildman–Crippen MR) is 88.6 cm³/mol. The Balaban J connectivity index is 1.92. The molecule has 1 amide bonds. The van der Waals surface area contributed by atoms with Crippen LogP contribution < -0.4 is 10.2 Å². The lowest BCUT2D eigenvalue weighted by Gasteiger charge is -2.07. The molecule has 0 saturated heterocycles. The van der Waals surface area contributed by atoms with Crippen molar-refractivity contribution in [2.75, 3.05) is 0 Å². The van der Waals surface area contributed by atoms with Gasteiger partial charge in [-0.15, -0.1) is 0 Å². The summed E-state index contributed by atoms with van der Waals surface area (Å²) in [6.07, 6.45) is 1.56. The number of rotatable bonds is 5. The molecule has 1 N–H and O–H groups in total. The molecule has 0 spiro atoms. The van der Waals surface area contributed by atoms with Crippen molar-refractivity contribution in [1.29, 1.82) is 0 Å². The first-order valence-electron chi connectivity index (χ1n) is 6.51. The molecule has 2 aromatic carbocycles. The second kappa shape index (κ2) is 7.82. The summed E-state index contributed by atoms with van der Waals surface area (Å²) in [6.45, 7) is 1.80. The van der Waals surface area contributed by atoms with Gasteiger partial charge in [-0.3, -0.25) is 4.79 Å². The second-order valence-corrected chi connectivity index (χ2v) is 5.35. The molecule has 0 aliphatic rings. The second-order valence-electron chi connectivity index (χ2n) is 4.53. The van der Waals surface area contributed by atoms with Gasteiger partial charge in [-0.25, -0.2) is 5.43 Å². The first kappa shape index (κ1) is 16.3. The summed E-state index contributed by atoms with van der Waals surface area (Å²) < 4.78 is 5.67. The first-order valence-corrected chi connectivity index (χ1v) is 7.26. The summed E-state index contributed by atoms with van der Waals surface area (Å²) in [5, 5.41) is 4.82. The van der Waals surface area contributed by atoms with E-state index >= 15 is 0 Å². The van der Waals surface area contributed by atoms with Crippen LogP contribution in [-0.4, -0.2) is 12.1 Å². The van der Waals surface area contributed by atoms with Crippen molar-refractivity contribution in [2.24, 2.45) is 5.10 Å². The third-order valence-electron chi connectivity index (χ3n) is 2.71. The summed E-state index contributed by atoms with van der Waals surface area (Å²) in [5.41, 5.74) is 4.13. The Bertz CT molecular complexity index is 685. The molecule has 0 saturated carbocycles. The molecule has 0 unspecified atom stereocenters. The average Bonchev–Trinajstić information content (AvgIpc) is 2.49. The van der Waals surface area contributed by atoms with Gasteiger partial charge in [0.2, 0.25) is 5.91 Å². The van der Waals surface area contributed by atoms with Crippen molar-refractivity contribution in [3.05, 3.63) is 63.6 Å². The SMILES string of the molecule is CC(=O)N/N=C\c1ccc(OCc2ccc(Cl)c(Cl)c2)cc1. The number of amides is 1. The van der Waals surface area contributed by atoms with Crippen molar-refractivity contribution in [3.63, 3.8) is 0 Å². The van der Waals surface area contributed by atoms with Crippen LogP contribution in [0.3, 0.4) is 0 Å². The van der Waals surface area contributed by atoms with E-state index in [0.29, 0.717) is 16.7 Å². The lowest BCUT2D eigenvalue weighted by atomic mass is 10.2. The van der Waals surface area contributed by atoms with E-state index in [1.165, 1.54) is 6.92 Å². The minimum Gasteiger partial charge on any atom is -0.489 e. The van der Waals surface area contributed by atoms with Crippen LogP contribution in [0.5, 0.6) is 5.75 Å². The number of carbonyl (C=O) groups is 1. The maximum absolute atomic E-state index is 10.7. The van der Waals surface area contributed by atoms with Crippen LogP contribution in [0.1, 0.15) is 18.1 Å². The van der Waals surface area contributed by atoms with Gasteiger partial charge in [0, 0.05) is 6.92 Å². The van der Waals surface area contributed by atoms with Crippen LogP contribution in [0.15, 0.2) is 47.6 Å². The van der Waals surface area contributed by atoms with Crippen LogP contribution in [0.4, 0.5) is 0 Å². The molecule has 0 heterocycles. The van der Waals surface area contributed by atoms with Crippen LogP contribution in [0.25, 0.3) is 0 Å². The molecule has 6 heteroatoms. The van der Waals surface area contributed by atoms with Crippen LogP contribution in [0, 0.1) is 0 Å². The molecular weight excluding hydrogens is 323 g/mol. The highest BCUT2D eigenvalue weighted by molar-refractivity contribution is 6.42. The topological polar surface area (TPSA) is 50.7 Å². The van der Waals surface area contributed by atoms with Crippen LogP contribution >= 0.6 is 23.2 Å². The van der Waals surface area contributed by atoms with E-state index in [9.17, 15) is 4.79 Å². The van der Waals surface area contributed by atoms with Crippen molar-refractivity contribution in [1.82, 2.24) is 5.43 Å². The summed E-state index contributed by atoms with van der Waals surface area (Å²) in [4.78, 5) is 10.7. The molecule has 0 aromatic heterocycles. The summed E-state index contributed by atoms with van der Waals surface area (Å²) in [6, 6.07) is 12.7. The Kier molecular flexibility index (Phi) is 5.81. The Labute approximate surface area is 138 Å². The Morgan fingerprint density at radius 1 is 1.18 bits per heavy atom. The molecule has 22 heavy (non-hydrogen) atoms. The van der Waals surface area contributed by atoms with Gasteiger partial charge in [-0.1, -0.05) is 29.3 Å². The first-order chi connectivity index (χ1) is 10.5. The molecule has 0 aliphatic carbocycles. The highest BCUT2D eigenvalue weighted by Gasteiger charge is 2.01. The molecule has 0 aliphatic heterocycles. The van der Waals surface area contributed by atoms with Crippen LogP contribution in [-0.2, 0) is 11.4 Å². The Hall–Kier alpha value is -2.04. The van der Waals surface area contributed by atoms with Crippen molar-refractivity contribution in [2.45, 2.75) is 13.5 Å². The number of nitrogens with zero attached hydrogens (tertiary/aromatic N) is 1. The summed E-state index contributed by atoms with van der Waals surface area (Å²) in [5.74, 6) is 0.514. The van der Waals surface area contributed by atoms with Gasteiger partial charge in [0.05, 0.1) is 16.3 Å². The standard InChI is InChI=1S/C16H14Cl2N2O2/c1-11(21)20-19-9-12-2-5-14(6-3-12)22-10-13-4-7-15(17)16(18)8-13/h2-9H,10H2,1H3,(H,20,21)/b19-9-. The number of halogens is 2. The van der Waals surface area contributed by atoms with Crippen LogP contribution in [0.2, 0.25) is 10.0 Å². The zero-order valence-electron chi connectivity index (χ0n) is 11.8. The van der Waals surface area contributed by atoms with Gasteiger partial charge in [0.15, 0.2) is 0 Å². The number of hydrazone groups is 1. The Morgan fingerprint density at radius 2 is 1.91 bits per heavy atom. The van der Waals surface area contributed by atoms with E-state index in [1.807, 2.05) is 30.3 Å². The van der Waals surface area contributed by atoms with Crippen molar-refractivity contribution in [3.8, 4) is 5.75 Å². The van der Waals surface area contributed by atoms with Gasteiger partial charge < -0.3 is 4.74 Å². The molecule has 114 valence electrons. The van der Waals surface area contributed by atoms with Gasteiger partial charge in [-0.2, -0.15) is 5.10 Å². The Morgan fingerprint density at radius 3 is 2.55 bits per heavy atom. The summed E-state index contributed by atoms with van der Waals surface area (Å²) in [7, 11) is 0. The molecule has 0 bridgehead atoms. The van der Waals surface area contributed by atoms with Crippen molar-refractivity contribution < 1.29 is 9.53 Å². The fourth-order valence-corrected chi connectivity index (χ4v) is 1.96. The fraction of sp³-hybridized carbons (Fsp3) is 0.125. The molecule has 0 fully saturated rings. The van der Waals surface area contributed by atoms with Crippen molar-refractivity contribution >= 4 is 35.3 Å². The maximum atomic E-state index is 10.7. The normalized spacial score (nSPS) is 10.7. The minimum absolute atomic E-state index is 0.210. The van der Waals surface area contributed by atoms with E-state index in [0.717, 1.165) is 16.9 Å². The van der Waals surface area contributed by atoms with E-state index in [4.69, 9.17) is 27.9 Å².